The van der Waals surface area contributed by atoms with Gasteiger partial charge in [-0.3, -0.25) is 4.57 Å². The van der Waals surface area contributed by atoms with Gasteiger partial charge in [-0.15, -0.1) is 0 Å². The van der Waals surface area contributed by atoms with E-state index in [-0.39, 0.29) is 0 Å². The maximum atomic E-state index is 5.38. The first-order chi connectivity index (χ1) is 28.7. The predicted molar refractivity (Wildman–Crippen MR) is 241 cm³/mol. The second-order valence-electron chi connectivity index (χ2n) is 15.4. The fourth-order valence-corrected chi connectivity index (χ4v) is 9.18. The molecule has 0 atom stereocenters. The lowest BCUT2D eigenvalue weighted by molar-refractivity contribution is 1.01. The van der Waals surface area contributed by atoms with E-state index in [1.54, 1.807) is 0 Å². The number of rotatable bonds is 5. The summed E-state index contributed by atoms with van der Waals surface area (Å²) in [6.45, 7) is 0. The molecule has 11 aromatic rings. The number of aromatic nitrogens is 3. The average Bonchev–Trinajstić information content (AvgIpc) is 3.85. The summed E-state index contributed by atoms with van der Waals surface area (Å²) in [4.78, 5) is 10.6. The Morgan fingerprint density at radius 2 is 0.948 bits per heavy atom. The summed E-state index contributed by atoms with van der Waals surface area (Å²) in [6, 6.07) is 72.3. The van der Waals surface area contributed by atoms with Gasteiger partial charge >= 0.3 is 0 Å². The van der Waals surface area contributed by atoms with Crippen molar-refractivity contribution in [2.75, 3.05) is 0 Å². The van der Waals surface area contributed by atoms with Crippen LogP contribution in [0.4, 0.5) is 0 Å². The molecule has 0 N–H and O–H groups in total. The molecule has 3 nitrogen and oxygen atoms in total. The summed E-state index contributed by atoms with van der Waals surface area (Å²) < 4.78 is 2.24. The van der Waals surface area contributed by atoms with E-state index in [2.05, 4.69) is 205 Å². The smallest absolute Gasteiger partial charge is 0.235 e. The van der Waals surface area contributed by atoms with E-state index in [9.17, 15) is 0 Å². The lowest BCUT2D eigenvalue weighted by Crippen LogP contribution is -2.03. The number of nitrogens with zero attached hydrogens (tertiary/aromatic N) is 3. The molecule has 1 aliphatic carbocycles. The van der Waals surface area contributed by atoms with Crippen LogP contribution in [0.5, 0.6) is 0 Å². The molecule has 0 radical (unpaired) electrons. The first kappa shape index (κ1) is 32.6. The van der Waals surface area contributed by atoms with Crippen molar-refractivity contribution in [2.45, 2.75) is 6.42 Å². The second kappa shape index (κ2) is 13.0. The Bertz CT molecular complexity index is 3400. The highest BCUT2D eigenvalue weighted by Crippen LogP contribution is 2.41. The van der Waals surface area contributed by atoms with Crippen LogP contribution in [0, 0.1) is 0 Å². The zero-order valence-corrected chi connectivity index (χ0v) is 31.6. The van der Waals surface area contributed by atoms with E-state index in [0.29, 0.717) is 5.95 Å². The third-order valence-electron chi connectivity index (χ3n) is 12.1. The van der Waals surface area contributed by atoms with Crippen LogP contribution in [0.3, 0.4) is 0 Å². The van der Waals surface area contributed by atoms with Gasteiger partial charge in [0.1, 0.15) is 0 Å². The van der Waals surface area contributed by atoms with Crippen molar-refractivity contribution in [1.29, 1.82) is 0 Å². The van der Waals surface area contributed by atoms with Gasteiger partial charge in [-0.2, -0.15) is 0 Å². The minimum atomic E-state index is 0.660. The van der Waals surface area contributed by atoms with Gasteiger partial charge in [0, 0.05) is 21.7 Å². The zero-order chi connectivity index (χ0) is 38.2. The highest BCUT2D eigenvalue weighted by atomic mass is 15.2. The summed E-state index contributed by atoms with van der Waals surface area (Å²) in [5, 5.41) is 5.83. The van der Waals surface area contributed by atoms with Crippen LogP contribution in [0.2, 0.25) is 0 Å². The Kier molecular flexibility index (Phi) is 7.29. The van der Waals surface area contributed by atoms with E-state index >= 15 is 0 Å². The Balaban J connectivity index is 0.971. The molecule has 3 heteroatoms. The van der Waals surface area contributed by atoms with Gasteiger partial charge in [0.25, 0.3) is 0 Å². The van der Waals surface area contributed by atoms with Gasteiger partial charge in [-0.05, 0) is 103 Å². The van der Waals surface area contributed by atoms with Crippen molar-refractivity contribution in [3.63, 3.8) is 0 Å². The monoisotopic (exact) mass is 737 g/mol. The van der Waals surface area contributed by atoms with Crippen LogP contribution in [0.25, 0.3) is 105 Å². The van der Waals surface area contributed by atoms with Gasteiger partial charge in [-0.25, -0.2) is 9.97 Å². The molecule has 270 valence electrons. The lowest BCUT2D eigenvalue weighted by atomic mass is 9.95. The Morgan fingerprint density at radius 3 is 1.78 bits per heavy atom. The van der Waals surface area contributed by atoms with Crippen molar-refractivity contribution >= 4 is 43.5 Å². The summed E-state index contributed by atoms with van der Waals surface area (Å²) in [7, 11) is 0. The standard InChI is InChI=1S/C55H35N3/c1-2-10-35(11-3-1)36-22-25-40(26-23-36)54-46-14-6-8-16-50(46)56-55(57-54)58-51-17-9-7-15-47(51)53-49-34-42(27-24-39(49)30-31-52(53)58)38-20-18-37(19-21-38)41-28-29-44-32-43-12-4-5-13-45(43)48(44)33-41/h1-31,33-34H,32H2. The van der Waals surface area contributed by atoms with Gasteiger partial charge in [-0.1, -0.05) is 170 Å². The molecule has 0 saturated heterocycles. The molecule has 12 rings (SSSR count). The summed E-state index contributed by atoms with van der Waals surface area (Å²) in [5.41, 5.74) is 17.8. The molecule has 0 amide bonds. The van der Waals surface area contributed by atoms with Crippen LogP contribution in [0.1, 0.15) is 11.1 Å². The molecular weight excluding hydrogens is 703 g/mol. The number of benzene rings is 9. The minimum Gasteiger partial charge on any atom is -0.278 e. The van der Waals surface area contributed by atoms with Crippen molar-refractivity contribution in [2.24, 2.45) is 0 Å². The summed E-state index contributed by atoms with van der Waals surface area (Å²) in [6.07, 6.45) is 1.01. The SMILES string of the molecule is c1ccc(-c2ccc(-c3nc(-n4c5ccccc5c5c6cc(-c7ccc(-c8ccc9c(c8)-c8ccccc8C9)cc7)ccc6ccc54)nc4ccccc34)cc2)cc1. The molecule has 0 saturated carbocycles. The lowest BCUT2D eigenvalue weighted by Gasteiger charge is -2.12. The molecule has 58 heavy (non-hydrogen) atoms. The first-order valence-electron chi connectivity index (χ1n) is 19.9. The van der Waals surface area contributed by atoms with Gasteiger partial charge in [0.2, 0.25) is 5.95 Å². The molecule has 0 spiro atoms. The minimum absolute atomic E-state index is 0.660. The van der Waals surface area contributed by atoms with Crippen LogP contribution >= 0.6 is 0 Å². The molecule has 0 aliphatic heterocycles. The highest BCUT2D eigenvalue weighted by molar-refractivity contribution is 6.21. The fraction of sp³-hybridized carbons (Fsp3) is 0.0182. The molecule has 0 fully saturated rings. The molecule has 0 unspecified atom stereocenters. The van der Waals surface area contributed by atoms with Gasteiger partial charge in [0.05, 0.1) is 22.2 Å². The largest absolute Gasteiger partial charge is 0.278 e. The topological polar surface area (TPSA) is 30.7 Å². The Hall–Kier alpha value is -7.62. The highest BCUT2D eigenvalue weighted by Gasteiger charge is 2.20. The van der Waals surface area contributed by atoms with Crippen LogP contribution in [-0.4, -0.2) is 14.5 Å². The molecule has 0 bridgehead atoms. The van der Waals surface area contributed by atoms with E-state index in [0.717, 1.165) is 39.6 Å². The predicted octanol–water partition coefficient (Wildman–Crippen LogP) is 14.1. The zero-order valence-electron chi connectivity index (χ0n) is 31.6. The van der Waals surface area contributed by atoms with Crippen molar-refractivity contribution in [1.82, 2.24) is 14.5 Å². The normalized spacial score (nSPS) is 12.1. The van der Waals surface area contributed by atoms with E-state index in [1.807, 2.05) is 0 Å². The van der Waals surface area contributed by atoms with E-state index < -0.39 is 0 Å². The van der Waals surface area contributed by atoms with Crippen LogP contribution < -0.4 is 0 Å². The number of hydrogen-bond acceptors (Lipinski definition) is 2. The molecule has 9 aromatic carbocycles. The van der Waals surface area contributed by atoms with E-state index in [1.165, 1.54) is 77.2 Å². The van der Waals surface area contributed by atoms with Crippen LogP contribution in [-0.2, 0) is 6.42 Å². The van der Waals surface area contributed by atoms with Crippen molar-refractivity contribution in [3.05, 3.63) is 211 Å². The van der Waals surface area contributed by atoms with Gasteiger partial charge < -0.3 is 0 Å². The maximum absolute atomic E-state index is 5.38. The number of hydrogen-bond donors (Lipinski definition) is 0. The second-order valence-corrected chi connectivity index (χ2v) is 15.4. The number of para-hydroxylation sites is 2. The van der Waals surface area contributed by atoms with Crippen LogP contribution in [0.15, 0.2) is 200 Å². The first-order valence-corrected chi connectivity index (χ1v) is 19.9. The van der Waals surface area contributed by atoms with Crippen molar-refractivity contribution < 1.29 is 0 Å². The quantitative estimate of drug-likeness (QED) is 0.176. The Morgan fingerprint density at radius 1 is 0.362 bits per heavy atom. The third-order valence-corrected chi connectivity index (χ3v) is 12.1. The molecule has 1 aliphatic rings. The summed E-state index contributed by atoms with van der Waals surface area (Å²) >= 11 is 0. The fourth-order valence-electron chi connectivity index (χ4n) is 9.18. The molecule has 2 heterocycles. The van der Waals surface area contributed by atoms with Gasteiger partial charge in [0.15, 0.2) is 0 Å². The molecule has 2 aromatic heterocycles. The molecular formula is C55H35N3. The number of fused-ring (bicyclic) bond motifs is 9. The van der Waals surface area contributed by atoms with Crippen molar-refractivity contribution in [3.8, 4) is 61.7 Å². The maximum Gasteiger partial charge on any atom is 0.235 e. The summed E-state index contributed by atoms with van der Waals surface area (Å²) in [5.74, 6) is 0.660. The Labute approximate surface area is 336 Å². The van der Waals surface area contributed by atoms with E-state index in [4.69, 9.17) is 9.97 Å². The third kappa shape index (κ3) is 5.21. The average molecular weight is 738 g/mol.